The number of aryl methyl sites for hydroxylation is 2. The highest BCUT2D eigenvalue weighted by Gasteiger charge is 2.23. The summed E-state index contributed by atoms with van der Waals surface area (Å²) in [6, 6.07) is 7.43. The number of oxazole rings is 1. The van der Waals surface area contributed by atoms with Gasteiger partial charge in [-0.15, -0.1) is 0 Å². The summed E-state index contributed by atoms with van der Waals surface area (Å²) in [5, 5.41) is 2.98. The van der Waals surface area contributed by atoms with Crippen LogP contribution in [0.2, 0.25) is 0 Å². The zero-order valence-corrected chi connectivity index (χ0v) is 17.7. The molecule has 1 aromatic carbocycles. The van der Waals surface area contributed by atoms with Gasteiger partial charge >= 0.3 is 6.03 Å². The smallest absolute Gasteiger partial charge is 0.321 e. The molecule has 1 atom stereocenters. The van der Waals surface area contributed by atoms with E-state index >= 15 is 0 Å². The van der Waals surface area contributed by atoms with Crippen molar-refractivity contribution in [1.29, 1.82) is 0 Å². The van der Waals surface area contributed by atoms with Gasteiger partial charge in [0.1, 0.15) is 18.1 Å². The Balaban J connectivity index is 1.24. The summed E-state index contributed by atoms with van der Waals surface area (Å²) in [5.41, 5.74) is 1.67. The molecule has 2 fully saturated rings. The lowest BCUT2D eigenvalue weighted by molar-refractivity contribution is 0.0680. The van der Waals surface area contributed by atoms with Crippen molar-refractivity contribution in [2.75, 3.05) is 44.7 Å². The molecule has 2 aromatic rings. The molecule has 0 saturated carbocycles. The van der Waals surface area contributed by atoms with Gasteiger partial charge in [-0.25, -0.2) is 9.78 Å². The largest absolute Gasteiger partial charge is 0.491 e. The van der Waals surface area contributed by atoms with Crippen molar-refractivity contribution in [2.45, 2.75) is 39.3 Å². The number of nitrogens with one attached hydrogen (secondary N) is 1. The summed E-state index contributed by atoms with van der Waals surface area (Å²) >= 11 is 0. The van der Waals surface area contributed by atoms with Crippen molar-refractivity contribution in [3.63, 3.8) is 0 Å². The lowest BCUT2D eigenvalue weighted by Gasteiger charge is -2.34. The van der Waals surface area contributed by atoms with E-state index in [9.17, 15) is 4.79 Å². The number of carbonyl (C=O) groups is 1. The first-order valence-corrected chi connectivity index (χ1v) is 10.6. The van der Waals surface area contributed by atoms with Gasteiger partial charge < -0.3 is 24.1 Å². The van der Waals surface area contributed by atoms with Gasteiger partial charge in [-0.2, -0.15) is 0 Å². The summed E-state index contributed by atoms with van der Waals surface area (Å²) in [6.45, 7) is 8.83. The van der Waals surface area contributed by atoms with E-state index in [1.807, 2.05) is 43.0 Å². The molecular formula is C22H30N4O4. The molecule has 0 radical (unpaired) electrons. The fraction of sp³-hybridized carbons (Fsp3) is 0.545. The lowest BCUT2D eigenvalue weighted by atomic mass is 10.2. The van der Waals surface area contributed by atoms with E-state index < -0.39 is 0 Å². The van der Waals surface area contributed by atoms with E-state index in [4.69, 9.17) is 13.9 Å². The first-order chi connectivity index (χ1) is 14.6. The van der Waals surface area contributed by atoms with E-state index in [0.717, 1.165) is 61.3 Å². The first-order valence-electron chi connectivity index (χ1n) is 10.6. The molecule has 8 nitrogen and oxygen atoms in total. The standard InChI is InChI=1S/C22H30N4O4/c1-16-17(2)30-21(23-16)14-25-8-10-26(11-9-25)22(27)24-18-5-3-6-19(13-18)29-15-20-7-4-12-28-20/h3,5-6,13,20H,4,7-12,14-15H2,1-2H3,(H,24,27)/t20-/m0/s1. The molecule has 0 bridgehead atoms. The maximum absolute atomic E-state index is 12.7. The van der Waals surface area contributed by atoms with E-state index in [1.54, 1.807) is 0 Å². The number of nitrogens with zero attached hydrogens (tertiary/aromatic N) is 3. The molecule has 30 heavy (non-hydrogen) atoms. The average Bonchev–Trinajstić information content (AvgIpc) is 3.37. The van der Waals surface area contributed by atoms with Crippen LogP contribution in [0.25, 0.3) is 0 Å². The Morgan fingerprint density at radius 3 is 2.80 bits per heavy atom. The summed E-state index contributed by atoms with van der Waals surface area (Å²) < 4.78 is 17.1. The van der Waals surface area contributed by atoms with Crippen LogP contribution >= 0.6 is 0 Å². The molecule has 1 N–H and O–H groups in total. The van der Waals surface area contributed by atoms with Gasteiger partial charge in [-0.3, -0.25) is 4.90 Å². The summed E-state index contributed by atoms with van der Waals surface area (Å²) in [7, 11) is 0. The number of anilines is 1. The number of piperazine rings is 1. The fourth-order valence-electron chi connectivity index (χ4n) is 3.74. The van der Waals surface area contributed by atoms with Crippen LogP contribution in [0.15, 0.2) is 28.7 Å². The van der Waals surface area contributed by atoms with E-state index in [-0.39, 0.29) is 12.1 Å². The Kier molecular flexibility index (Phi) is 6.54. The molecule has 2 aliphatic heterocycles. The molecule has 1 aromatic heterocycles. The fourth-order valence-corrected chi connectivity index (χ4v) is 3.74. The monoisotopic (exact) mass is 414 g/mol. The molecule has 0 unspecified atom stereocenters. The second-order valence-corrected chi connectivity index (χ2v) is 7.92. The predicted octanol–water partition coefficient (Wildman–Crippen LogP) is 3.20. The van der Waals surface area contributed by atoms with Gasteiger partial charge in [-0.1, -0.05) is 6.07 Å². The van der Waals surface area contributed by atoms with Crippen molar-refractivity contribution < 1.29 is 18.7 Å². The van der Waals surface area contributed by atoms with Crippen LogP contribution in [0.5, 0.6) is 5.75 Å². The lowest BCUT2D eigenvalue weighted by Crippen LogP contribution is -2.49. The minimum Gasteiger partial charge on any atom is -0.491 e. The molecule has 8 heteroatoms. The number of aromatic nitrogens is 1. The molecular weight excluding hydrogens is 384 g/mol. The van der Waals surface area contributed by atoms with Crippen LogP contribution in [0.4, 0.5) is 10.5 Å². The van der Waals surface area contributed by atoms with Crippen LogP contribution in [0.1, 0.15) is 30.2 Å². The topological polar surface area (TPSA) is 80.1 Å². The average molecular weight is 415 g/mol. The molecule has 162 valence electrons. The predicted molar refractivity (Wildman–Crippen MR) is 113 cm³/mol. The molecule has 2 saturated heterocycles. The molecule has 2 amide bonds. The highest BCUT2D eigenvalue weighted by molar-refractivity contribution is 5.89. The van der Waals surface area contributed by atoms with E-state index in [2.05, 4.69) is 15.2 Å². The Morgan fingerprint density at radius 1 is 1.27 bits per heavy atom. The van der Waals surface area contributed by atoms with E-state index in [1.165, 1.54) is 0 Å². The number of carbonyl (C=O) groups excluding carboxylic acids is 1. The minimum atomic E-state index is -0.0891. The number of amides is 2. The Morgan fingerprint density at radius 2 is 2.10 bits per heavy atom. The highest BCUT2D eigenvalue weighted by atomic mass is 16.5. The summed E-state index contributed by atoms with van der Waals surface area (Å²) in [6.07, 6.45) is 2.30. The Bertz CT molecular complexity index is 835. The van der Waals surface area contributed by atoms with Crippen LogP contribution in [0.3, 0.4) is 0 Å². The Hall–Kier alpha value is -2.58. The molecule has 0 aliphatic carbocycles. The second kappa shape index (κ2) is 9.49. The van der Waals surface area contributed by atoms with Crippen molar-refractivity contribution in [1.82, 2.24) is 14.8 Å². The number of rotatable bonds is 6. The van der Waals surface area contributed by atoms with Crippen molar-refractivity contribution in [3.8, 4) is 5.75 Å². The SMILES string of the molecule is Cc1nc(CN2CCN(C(=O)Nc3cccc(OC[C@@H]4CCCO4)c3)CC2)oc1C. The van der Waals surface area contributed by atoms with Crippen LogP contribution in [-0.2, 0) is 11.3 Å². The van der Waals surface area contributed by atoms with Gasteiger partial charge in [0.25, 0.3) is 0 Å². The number of urea groups is 1. The maximum atomic E-state index is 12.7. The first kappa shape index (κ1) is 20.7. The number of ether oxygens (including phenoxy) is 2. The van der Waals surface area contributed by atoms with Crippen molar-refractivity contribution in [2.24, 2.45) is 0 Å². The van der Waals surface area contributed by atoms with Gasteiger partial charge in [0, 0.05) is 44.5 Å². The van der Waals surface area contributed by atoms with E-state index in [0.29, 0.717) is 26.2 Å². The van der Waals surface area contributed by atoms with Gasteiger partial charge in [0.2, 0.25) is 5.89 Å². The second-order valence-electron chi connectivity index (χ2n) is 7.92. The third-order valence-corrected chi connectivity index (χ3v) is 5.64. The van der Waals surface area contributed by atoms with Crippen molar-refractivity contribution in [3.05, 3.63) is 41.6 Å². The number of hydrogen-bond donors (Lipinski definition) is 1. The molecule has 0 spiro atoms. The van der Waals surface area contributed by atoms with Gasteiger partial charge in [0.05, 0.1) is 18.3 Å². The quantitative estimate of drug-likeness (QED) is 0.782. The number of benzene rings is 1. The van der Waals surface area contributed by atoms with Crippen LogP contribution in [0, 0.1) is 13.8 Å². The highest BCUT2D eigenvalue weighted by Crippen LogP contribution is 2.20. The third-order valence-electron chi connectivity index (χ3n) is 5.64. The molecule has 4 rings (SSSR count). The zero-order chi connectivity index (χ0) is 20.9. The number of hydrogen-bond acceptors (Lipinski definition) is 6. The third kappa shape index (κ3) is 5.31. The van der Waals surface area contributed by atoms with Crippen LogP contribution in [-0.4, -0.2) is 66.3 Å². The van der Waals surface area contributed by atoms with Crippen molar-refractivity contribution >= 4 is 11.7 Å². The zero-order valence-electron chi connectivity index (χ0n) is 17.7. The minimum absolute atomic E-state index is 0.0891. The maximum Gasteiger partial charge on any atom is 0.321 e. The van der Waals surface area contributed by atoms with Crippen LogP contribution < -0.4 is 10.1 Å². The van der Waals surface area contributed by atoms with Gasteiger partial charge in [-0.05, 0) is 38.8 Å². The van der Waals surface area contributed by atoms with Gasteiger partial charge in [0.15, 0.2) is 0 Å². The summed E-state index contributed by atoms with van der Waals surface area (Å²) in [4.78, 5) is 21.2. The summed E-state index contributed by atoms with van der Waals surface area (Å²) in [5.74, 6) is 2.34. The Labute approximate surface area is 177 Å². The molecule has 2 aliphatic rings. The molecule has 3 heterocycles. The normalized spacial score (nSPS) is 19.8.